The number of aromatic nitrogens is 5. The Balaban J connectivity index is 1.37. The van der Waals surface area contributed by atoms with Crippen molar-refractivity contribution >= 4 is 11.8 Å². The highest BCUT2D eigenvalue weighted by Gasteiger charge is 2.23. The van der Waals surface area contributed by atoms with Crippen molar-refractivity contribution in [1.29, 1.82) is 0 Å². The number of rotatable bonds is 10. The van der Waals surface area contributed by atoms with Gasteiger partial charge in [0, 0.05) is 30.0 Å². The lowest BCUT2D eigenvalue weighted by Gasteiger charge is -2.17. The summed E-state index contributed by atoms with van der Waals surface area (Å²) in [5.41, 5.74) is 4.08. The minimum Gasteiger partial charge on any atom is -0.316 e. The lowest BCUT2D eigenvalue weighted by atomic mass is 10.1. The molecule has 1 aliphatic carbocycles. The molecule has 0 unspecified atom stereocenters. The Morgan fingerprint density at radius 1 is 0.917 bits per heavy atom. The molecule has 36 heavy (non-hydrogen) atoms. The first kappa shape index (κ1) is 24.4. The van der Waals surface area contributed by atoms with E-state index in [-0.39, 0.29) is 11.4 Å². The number of benzene rings is 2. The molecule has 0 aliphatic heterocycles. The third kappa shape index (κ3) is 5.43. The highest BCUT2D eigenvalue weighted by molar-refractivity contribution is 7.98. The van der Waals surface area contributed by atoms with Gasteiger partial charge in [0.05, 0.1) is 6.54 Å². The summed E-state index contributed by atoms with van der Waals surface area (Å²) in [7, 11) is 0. The number of hydrogen-bond acceptors (Lipinski definition) is 5. The van der Waals surface area contributed by atoms with Gasteiger partial charge in [0.15, 0.2) is 11.0 Å². The Bertz CT molecular complexity index is 1380. The third-order valence-electron chi connectivity index (χ3n) is 6.71. The fraction of sp³-hybridized carbons (Fsp3) is 0.357. The molecule has 0 saturated carbocycles. The van der Waals surface area contributed by atoms with Crippen LogP contribution < -0.4 is 5.56 Å². The molecule has 2 heterocycles. The summed E-state index contributed by atoms with van der Waals surface area (Å²) >= 11 is 1.51. The minimum absolute atomic E-state index is 0.126. The Hall–Kier alpha value is -3.26. The number of nitrogens with zero attached hydrogens (tertiary/aromatic N) is 5. The monoisotopic (exact) mass is 503 g/mol. The second-order valence-corrected chi connectivity index (χ2v) is 10.0. The van der Waals surface area contributed by atoms with Crippen LogP contribution in [0.5, 0.6) is 0 Å². The molecule has 4 aromatic rings. The van der Waals surface area contributed by atoms with E-state index < -0.39 is 0 Å². The van der Waals surface area contributed by atoms with Crippen LogP contribution in [0.3, 0.4) is 0 Å². The van der Waals surface area contributed by atoms with Gasteiger partial charge in [-0.3, -0.25) is 4.79 Å². The van der Waals surface area contributed by atoms with Crippen molar-refractivity contribution in [2.24, 2.45) is 0 Å². The maximum atomic E-state index is 13.3. The molecular weight excluding hydrogens is 473 g/mol. The average Bonchev–Trinajstić information content (AvgIpc) is 3.54. The van der Waals surface area contributed by atoms with Crippen molar-refractivity contribution in [2.45, 2.75) is 69.4 Å². The molecule has 0 fully saturated rings. The first-order valence-corrected chi connectivity index (χ1v) is 13.6. The zero-order valence-corrected chi connectivity index (χ0v) is 21.3. The summed E-state index contributed by atoms with van der Waals surface area (Å²) in [6.45, 7) is 3.43. The molecule has 0 bridgehead atoms. The molecule has 6 nitrogen and oxygen atoms in total. The van der Waals surface area contributed by atoms with Crippen LogP contribution in [-0.2, 0) is 44.5 Å². The molecule has 0 spiro atoms. The van der Waals surface area contributed by atoms with Gasteiger partial charge in [0.25, 0.3) is 5.56 Å². The van der Waals surface area contributed by atoms with Crippen molar-refractivity contribution in [3.63, 3.8) is 0 Å². The number of thioether (sulfide) groups is 1. The topological polar surface area (TPSA) is 65.6 Å². The molecule has 1 aliphatic rings. The summed E-state index contributed by atoms with van der Waals surface area (Å²) in [6, 6.07) is 17.0. The summed E-state index contributed by atoms with van der Waals surface area (Å²) in [5, 5.41) is 9.77. The smallest absolute Gasteiger partial charge is 0.277 e. The molecule has 2 aromatic heterocycles. The molecule has 2 aromatic carbocycles. The van der Waals surface area contributed by atoms with Crippen LogP contribution in [-0.4, -0.2) is 24.3 Å². The van der Waals surface area contributed by atoms with Crippen LogP contribution in [0.15, 0.2) is 64.5 Å². The normalized spacial score (nSPS) is 12.7. The Labute approximate surface area is 214 Å². The van der Waals surface area contributed by atoms with Crippen molar-refractivity contribution in [2.75, 3.05) is 0 Å². The average molecular weight is 504 g/mol. The third-order valence-corrected chi connectivity index (χ3v) is 7.76. The highest BCUT2D eigenvalue weighted by Crippen LogP contribution is 2.27. The lowest BCUT2D eigenvalue weighted by Crippen LogP contribution is -2.23. The van der Waals surface area contributed by atoms with Gasteiger partial charge >= 0.3 is 0 Å². The molecular formula is C28H30FN5OS. The predicted molar refractivity (Wildman–Crippen MR) is 140 cm³/mol. The van der Waals surface area contributed by atoms with E-state index in [9.17, 15) is 9.18 Å². The van der Waals surface area contributed by atoms with Gasteiger partial charge < -0.3 is 9.13 Å². The molecule has 186 valence electrons. The second kappa shape index (κ2) is 11.2. The van der Waals surface area contributed by atoms with Crippen molar-refractivity contribution < 1.29 is 4.39 Å². The quantitative estimate of drug-likeness (QED) is 0.225. The molecule has 8 heteroatoms. The Kier molecular flexibility index (Phi) is 7.60. The molecule has 0 radical (unpaired) electrons. The Morgan fingerprint density at radius 3 is 2.47 bits per heavy atom. The van der Waals surface area contributed by atoms with Gasteiger partial charge in [0.1, 0.15) is 11.6 Å². The number of aryl methyl sites for hydroxylation is 2. The van der Waals surface area contributed by atoms with E-state index in [2.05, 4.69) is 55.5 Å². The minimum atomic E-state index is -0.255. The second-order valence-electron chi connectivity index (χ2n) is 9.10. The van der Waals surface area contributed by atoms with Crippen molar-refractivity contribution in [1.82, 2.24) is 24.3 Å². The number of halogens is 1. The predicted octanol–water partition coefficient (Wildman–Crippen LogP) is 5.00. The maximum absolute atomic E-state index is 13.3. The van der Waals surface area contributed by atoms with E-state index >= 15 is 0 Å². The van der Waals surface area contributed by atoms with Crippen molar-refractivity contribution in [3.8, 4) is 0 Å². The van der Waals surface area contributed by atoms with E-state index in [0.29, 0.717) is 17.5 Å². The molecule has 0 saturated heterocycles. The zero-order valence-electron chi connectivity index (χ0n) is 20.5. The van der Waals surface area contributed by atoms with Crippen LogP contribution in [0.4, 0.5) is 4.39 Å². The van der Waals surface area contributed by atoms with Crippen molar-refractivity contribution in [3.05, 3.63) is 105 Å². The number of hydrogen-bond donors (Lipinski definition) is 0. The fourth-order valence-electron chi connectivity index (χ4n) is 4.86. The highest BCUT2D eigenvalue weighted by atomic mass is 32.2. The first-order valence-electron chi connectivity index (χ1n) is 12.6. The summed E-state index contributed by atoms with van der Waals surface area (Å²) in [5.74, 6) is 2.23. The summed E-state index contributed by atoms with van der Waals surface area (Å²) in [4.78, 5) is 17.2. The lowest BCUT2D eigenvalue weighted by molar-refractivity contribution is 0.565. The van der Waals surface area contributed by atoms with Crippen LogP contribution in [0.1, 0.15) is 53.8 Å². The molecule has 0 amide bonds. The summed E-state index contributed by atoms with van der Waals surface area (Å²) < 4.78 is 17.7. The van der Waals surface area contributed by atoms with E-state index in [0.717, 1.165) is 73.5 Å². The Morgan fingerprint density at radius 2 is 1.69 bits per heavy atom. The fourth-order valence-corrected chi connectivity index (χ4v) is 5.83. The van der Waals surface area contributed by atoms with Gasteiger partial charge in [-0.25, -0.2) is 4.39 Å². The zero-order chi connectivity index (χ0) is 24.9. The van der Waals surface area contributed by atoms with E-state index in [1.54, 1.807) is 12.1 Å². The number of fused-ring (bicyclic) bond motifs is 1. The first-order chi connectivity index (χ1) is 17.6. The van der Waals surface area contributed by atoms with Gasteiger partial charge in [-0.1, -0.05) is 54.2 Å². The van der Waals surface area contributed by atoms with Gasteiger partial charge in [-0.2, -0.15) is 4.98 Å². The van der Waals surface area contributed by atoms with Crippen LogP contribution in [0.2, 0.25) is 0 Å². The largest absolute Gasteiger partial charge is 0.316 e. The van der Waals surface area contributed by atoms with Crippen LogP contribution in [0, 0.1) is 5.82 Å². The van der Waals surface area contributed by atoms with Gasteiger partial charge in [0.2, 0.25) is 0 Å². The van der Waals surface area contributed by atoms with E-state index in [1.165, 1.54) is 29.5 Å². The van der Waals surface area contributed by atoms with Crippen LogP contribution >= 0.6 is 11.8 Å². The van der Waals surface area contributed by atoms with Gasteiger partial charge in [-0.05, 0) is 62.3 Å². The summed E-state index contributed by atoms with van der Waals surface area (Å²) in [6.07, 6.45) is 5.48. The molecule has 0 N–H and O–H groups in total. The SMILES string of the molecule is CCn1c(CCCc2ccccc2)nnc1Cn1c(SCc2ccc(F)cc2)nc(=O)c2c1CCC2. The van der Waals surface area contributed by atoms with Crippen LogP contribution in [0.25, 0.3) is 0 Å². The van der Waals surface area contributed by atoms with E-state index in [4.69, 9.17) is 0 Å². The molecule has 5 rings (SSSR count). The molecule has 0 atom stereocenters. The van der Waals surface area contributed by atoms with E-state index in [1.807, 2.05) is 6.07 Å². The maximum Gasteiger partial charge on any atom is 0.277 e. The standard InChI is InChI=1S/C28H30FN5OS/c1-2-33-25(13-6-10-20-8-4-3-5-9-20)31-32-26(33)18-34-24-12-7-11-23(24)27(35)30-28(34)36-19-21-14-16-22(29)17-15-21/h3-5,8-9,14-17H,2,6-7,10-13,18-19H2,1H3. The van der Waals surface area contributed by atoms with Gasteiger partial charge in [-0.15, -0.1) is 10.2 Å².